The molecule has 1 fully saturated rings. The molecule has 0 N–H and O–H groups in total. The number of furan rings is 1. The van der Waals surface area contributed by atoms with Crippen LogP contribution in [-0.2, 0) is 6.54 Å². The first-order chi connectivity index (χ1) is 12.1. The molecule has 3 aromatic heterocycles. The summed E-state index contributed by atoms with van der Waals surface area (Å²) in [4.78, 5) is 22.4. The number of nitrogens with zero attached hydrogens (tertiary/aromatic N) is 5. The van der Waals surface area contributed by atoms with Crippen molar-refractivity contribution in [2.45, 2.75) is 25.8 Å². The Kier molecular flexibility index (Phi) is 3.83. The van der Waals surface area contributed by atoms with Crippen LogP contribution in [0.5, 0.6) is 0 Å². The zero-order chi connectivity index (χ0) is 17.4. The van der Waals surface area contributed by atoms with Gasteiger partial charge < -0.3 is 9.32 Å². The lowest BCUT2D eigenvalue weighted by Crippen LogP contribution is -2.26. The van der Waals surface area contributed by atoms with Crippen molar-refractivity contribution >= 4 is 5.91 Å². The number of hydrogen-bond donors (Lipinski definition) is 0. The predicted molar refractivity (Wildman–Crippen MR) is 90.2 cm³/mol. The van der Waals surface area contributed by atoms with E-state index in [1.54, 1.807) is 36.6 Å². The Morgan fingerprint density at radius 1 is 1.40 bits per heavy atom. The van der Waals surface area contributed by atoms with Crippen molar-refractivity contribution in [1.82, 2.24) is 24.6 Å². The molecule has 1 saturated carbocycles. The van der Waals surface area contributed by atoms with E-state index in [1.807, 2.05) is 12.1 Å². The van der Waals surface area contributed by atoms with Gasteiger partial charge in [-0.1, -0.05) is 6.92 Å². The lowest BCUT2D eigenvalue weighted by Gasteiger charge is -2.16. The highest BCUT2D eigenvalue weighted by molar-refractivity contribution is 5.94. The van der Waals surface area contributed by atoms with E-state index in [1.165, 1.54) is 17.4 Å². The molecule has 7 nitrogen and oxygen atoms in total. The van der Waals surface area contributed by atoms with Crippen LogP contribution in [0.25, 0.3) is 5.82 Å². The van der Waals surface area contributed by atoms with E-state index in [9.17, 15) is 4.79 Å². The molecule has 0 spiro atoms. The summed E-state index contributed by atoms with van der Waals surface area (Å²) in [6, 6.07) is 7.38. The second-order valence-electron chi connectivity index (χ2n) is 6.53. The van der Waals surface area contributed by atoms with Crippen LogP contribution in [0.2, 0.25) is 0 Å². The molecule has 0 aliphatic heterocycles. The van der Waals surface area contributed by atoms with E-state index in [0.29, 0.717) is 29.8 Å². The van der Waals surface area contributed by atoms with E-state index >= 15 is 0 Å². The lowest BCUT2D eigenvalue weighted by molar-refractivity contribution is 0.0774. The average molecular weight is 337 g/mol. The summed E-state index contributed by atoms with van der Waals surface area (Å²) in [5, 5.41) is 4.03. The predicted octanol–water partition coefficient (Wildman–Crippen LogP) is 2.65. The molecule has 0 radical (unpaired) electrons. The van der Waals surface area contributed by atoms with Crippen LogP contribution >= 0.6 is 0 Å². The SMILES string of the molecule is C[C@@H]1C[C@@H]1c1ccc(CN(C)C(=O)c2ccnc(-n3cncn3)c2)o1. The van der Waals surface area contributed by atoms with Crippen molar-refractivity contribution in [3.05, 3.63) is 60.2 Å². The van der Waals surface area contributed by atoms with Gasteiger partial charge in [0.1, 0.15) is 24.2 Å². The van der Waals surface area contributed by atoms with Gasteiger partial charge in [-0.15, -0.1) is 0 Å². The normalized spacial score (nSPS) is 19.0. The Morgan fingerprint density at radius 2 is 2.24 bits per heavy atom. The highest BCUT2D eigenvalue weighted by Gasteiger charge is 2.36. The maximum atomic E-state index is 12.7. The molecular formula is C18H19N5O2. The number of pyridine rings is 1. The molecule has 7 heteroatoms. The summed E-state index contributed by atoms with van der Waals surface area (Å²) in [5.74, 6) is 3.53. The van der Waals surface area contributed by atoms with Gasteiger partial charge in [0.2, 0.25) is 0 Å². The van der Waals surface area contributed by atoms with E-state index < -0.39 is 0 Å². The van der Waals surface area contributed by atoms with Crippen LogP contribution < -0.4 is 0 Å². The van der Waals surface area contributed by atoms with Crippen LogP contribution in [0, 0.1) is 5.92 Å². The molecule has 128 valence electrons. The van der Waals surface area contributed by atoms with Crippen LogP contribution in [0.15, 0.2) is 47.5 Å². The Balaban J connectivity index is 1.47. The summed E-state index contributed by atoms with van der Waals surface area (Å²) >= 11 is 0. The third-order valence-electron chi connectivity index (χ3n) is 4.54. The van der Waals surface area contributed by atoms with Gasteiger partial charge in [-0.3, -0.25) is 4.79 Å². The van der Waals surface area contributed by atoms with E-state index in [4.69, 9.17) is 4.42 Å². The summed E-state index contributed by atoms with van der Waals surface area (Å²) in [6.07, 6.45) is 5.75. The van der Waals surface area contributed by atoms with Crippen molar-refractivity contribution < 1.29 is 9.21 Å². The Morgan fingerprint density at radius 3 is 2.96 bits per heavy atom. The lowest BCUT2D eigenvalue weighted by atomic mass is 10.2. The molecule has 1 aliphatic carbocycles. The molecule has 25 heavy (non-hydrogen) atoms. The van der Waals surface area contributed by atoms with Crippen molar-refractivity contribution in [2.75, 3.05) is 7.05 Å². The molecule has 3 heterocycles. The van der Waals surface area contributed by atoms with Gasteiger partial charge in [0.05, 0.1) is 6.54 Å². The smallest absolute Gasteiger partial charge is 0.254 e. The second kappa shape index (κ2) is 6.16. The fourth-order valence-corrected chi connectivity index (χ4v) is 2.93. The molecule has 3 aromatic rings. The zero-order valence-electron chi connectivity index (χ0n) is 14.2. The van der Waals surface area contributed by atoms with Gasteiger partial charge in [0.25, 0.3) is 5.91 Å². The molecule has 0 saturated heterocycles. The molecule has 4 rings (SSSR count). The van der Waals surface area contributed by atoms with Crippen LogP contribution in [0.1, 0.15) is 41.1 Å². The average Bonchev–Trinajstić information content (AvgIpc) is 3.05. The van der Waals surface area contributed by atoms with Gasteiger partial charge in [0, 0.05) is 24.7 Å². The number of amides is 1. The van der Waals surface area contributed by atoms with Crippen molar-refractivity contribution in [3.63, 3.8) is 0 Å². The molecule has 0 bridgehead atoms. The standard InChI is InChI=1S/C18H19N5O2/c1-12-7-15(12)16-4-3-14(25-16)9-22(2)18(24)13-5-6-20-17(8-13)23-11-19-10-21-23/h3-6,8,10-12,15H,7,9H2,1-2H3/t12-,15+/m1/s1. The quantitative estimate of drug-likeness (QED) is 0.715. The second-order valence-corrected chi connectivity index (χ2v) is 6.53. The van der Waals surface area contributed by atoms with Crippen molar-refractivity contribution in [2.24, 2.45) is 5.92 Å². The van der Waals surface area contributed by atoms with Crippen LogP contribution in [0.3, 0.4) is 0 Å². The molecule has 2 atom stereocenters. The highest BCUT2D eigenvalue weighted by atomic mass is 16.3. The maximum Gasteiger partial charge on any atom is 0.254 e. The summed E-state index contributed by atoms with van der Waals surface area (Å²) in [5.41, 5.74) is 0.547. The minimum absolute atomic E-state index is 0.0958. The number of rotatable bonds is 5. The largest absolute Gasteiger partial charge is 0.464 e. The number of hydrogen-bond acceptors (Lipinski definition) is 5. The topological polar surface area (TPSA) is 77.1 Å². The Bertz CT molecular complexity index is 887. The van der Waals surface area contributed by atoms with Gasteiger partial charge >= 0.3 is 0 Å². The minimum atomic E-state index is -0.0958. The van der Waals surface area contributed by atoms with Gasteiger partial charge in [0.15, 0.2) is 5.82 Å². The van der Waals surface area contributed by atoms with E-state index in [0.717, 1.165) is 11.5 Å². The summed E-state index contributed by atoms with van der Waals surface area (Å²) in [7, 11) is 1.76. The van der Waals surface area contributed by atoms with Crippen molar-refractivity contribution in [3.8, 4) is 5.82 Å². The van der Waals surface area contributed by atoms with Gasteiger partial charge in [-0.2, -0.15) is 5.10 Å². The molecule has 1 amide bonds. The van der Waals surface area contributed by atoms with Gasteiger partial charge in [-0.25, -0.2) is 14.6 Å². The first-order valence-corrected chi connectivity index (χ1v) is 8.27. The molecular weight excluding hydrogens is 318 g/mol. The molecule has 1 aliphatic rings. The third-order valence-corrected chi connectivity index (χ3v) is 4.54. The summed E-state index contributed by atoms with van der Waals surface area (Å²) in [6.45, 7) is 2.65. The first-order valence-electron chi connectivity index (χ1n) is 8.27. The highest BCUT2D eigenvalue weighted by Crippen LogP contribution is 2.47. The molecule has 0 unspecified atom stereocenters. The maximum absolute atomic E-state index is 12.7. The van der Waals surface area contributed by atoms with Crippen molar-refractivity contribution in [1.29, 1.82) is 0 Å². The van der Waals surface area contributed by atoms with Crippen LogP contribution in [0.4, 0.5) is 0 Å². The number of carbonyl (C=O) groups is 1. The van der Waals surface area contributed by atoms with Crippen LogP contribution in [-0.4, -0.2) is 37.6 Å². The number of carbonyl (C=O) groups excluding carboxylic acids is 1. The molecule has 0 aromatic carbocycles. The summed E-state index contributed by atoms with van der Waals surface area (Å²) < 4.78 is 7.41. The Hall–Kier alpha value is -2.96. The third kappa shape index (κ3) is 3.17. The fraction of sp³-hybridized carbons (Fsp3) is 0.333. The zero-order valence-corrected chi connectivity index (χ0v) is 14.2. The number of aromatic nitrogens is 4. The first kappa shape index (κ1) is 15.6. The monoisotopic (exact) mass is 337 g/mol. The van der Waals surface area contributed by atoms with Gasteiger partial charge in [-0.05, 0) is 36.6 Å². The van der Waals surface area contributed by atoms with E-state index in [-0.39, 0.29) is 5.91 Å². The van der Waals surface area contributed by atoms with E-state index in [2.05, 4.69) is 22.0 Å². The fourth-order valence-electron chi connectivity index (χ4n) is 2.93. The minimum Gasteiger partial charge on any atom is -0.464 e. The Labute approximate surface area is 145 Å².